The van der Waals surface area contributed by atoms with Crippen LogP contribution in [0.15, 0.2) is 30.5 Å². The van der Waals surface area contributed by atoms with E-state index in [2.05, 4.69) is 4.98 Å². The van der Waals surface area contributed by atoms with Gasteiger partial charge in [0.1, 0.15) is 11.7 Å². The predicted molar refractivity (Wildman–Crippen MR) is 82.2 cm³/mol. The van der Waals surface area contributed by atoms with Gasteiger partial charge < -0.3 is 15.4 Å². The number of hydrogen-bond acceptors (Lipinski definition) is 5. The van der Waals surface area contributed by atoms with Crippen LogP contribution in [0, 0.1) is 0 Å². The molecule has 6 heteroatoms. The summed E-state index contributed by atoms with van der Waals surface area (Å²) in [6.07, 6.45) is 2.96. The second-order valence-electron chi connectivity index (χ2n) is 5.28. The lowest BCUT2D eigenvalue weighted by atomic mass is 10.1. The van der Waals surface area contributed by atoms with E-state index in [1.54, 1.807) is 12.3 Å². The lowest BCUT2D eigenvalue weighted by Gasteiger charge is -2.23. The highest BCUT2D eigenvalue weighted by Gasteiger charge is 2.36. The molecular formula is C16H17N3O3. The summed E-state index contributed by atoms with van der Waals surface area (Å²) in [5, 5.41) is 1.48. The highest BCUT2D eigenvalue weighted by Crippen LogP contribution is 2.27. The molecule has 22 heavy (non-hydrogen) atoms. The number of nitrogens with two attached hydrogens (primary N) is 1. The number of ether oxygens (including phenoxy) is 1. The van der Waals surface area contributed by atoms with Crippen molar-refractivity contribution >= 4 is 28.3 Å². The number of likely N-dealkylation sites (tertiary alicyclic amines) is 1. The summed E-state index contributed by atoms with van der Waals surface area (Å²) >= 11 is 0. The van der Waals surface area contributed by atoms with Crippen LogP contribution in [0.1, 0.15) is 23.3 Å². The summed E-state index contributed by atoms with van der Waals surface area (Å²) in [5.41, 5.74) is 6.80. The van der Waals surface area contributed by atoms with E-state index in [4.69, 9.17) is 10.5 Å². The minimum Gasteiger partial charge on any atom is -0.467 e. The van der Waals surface area contributed by atoms with Gasteiger partial charge in [-0.3, -0.25) is 9.78 Å². The molecule has 2 aromatic rings. The predicted octanol–water partition coefficient (Wildman–Crippen LogP) is 1.59. The Hall–Kier alpha value is -2.63. The summed E-state index contributed by atoms with van der Waals surface area (Å²) in [4.78, 5) is 30.4. The summed E-state index contributed by atoms with van der Waals surface area (Å²) in [6.45, 7) is 0.517. The Balaban J connectivity index is 2.04. The Bertz CT molecular complexity index is 739. The zero-order valence-electron chi connectivity index (χ0n) is 12.3. The van der Waals surface area contributed by atoms with Crippen LogP contribution in [0.3, 0.4) is 0 Å². The van der Waals surface area contributed by atoms with Crippen LogP contribution in [-0.2, 0) is 9.53 Å². The van der Waals surface area contributed by atoms with E-state index >= 15 is 0 Å². The number of amides is 1. The second kappa shape index (κ2) is 5.63. The minimum absolute atomic E-state index is 0.281. The van der Waals surface area contributed by atoms with Crippen LogP contribution in [0.25, 0.3) is 10.8 Å². The van der Waals surface area contributed by atoms with Crippen LogP contribution < -0.4 is 5.73 Å². The SMILES string of the molecule is COC(=O)C1CCCN1C(=O)c1nccc2cccc(N)c12. The molecule has 1 aromatic carbocycles. The quantitative estimate of drug-likeness (QED) is 0.672. The Kier molecular flexibility index (Phi) is 3.66. The molecule has 114 valence electrons. The van der Waals surface area contributed by atoms with E-state index in [1.165, 1.54) is 12.0 Å². The van der Waals surface area contributed by atoms with Gasteiger partial charge in [-0.15, -0.1) is 0 Å². The van der Waals surface area contributed by atoms with Gasteiger partial charge in [-0.25, -0.2) is 4.79 Å². The third-order valence-corrected chi connectivity index (χ3v) is 4.01. The lowest BCUT2D eigenvalue weighted by Crippen LogP contribution is -2.41. The third-order valence-electron chi connectivity index (χ3n) is 4.01. The molecule has 1 aliphatic rings. The number of nitrogens with zero attached hydrogens (tertiary/aromatic N) is 2. The third kappa shape index (κ3) is 2.26. The maximum Gasteiger partial charge on any atom is 0.328 e. The molecule has 1 saturated heterocycles. The van der Waals surface area contributed by atoms with Crippen molar-refractivity contribution in [1.82, 2.24) is 9.88 Å². The van der Waals surface area contributed by atoms with Gasteiger partial charge in [0, 0.05) is 23.8 Å². The molecule has 1 aliphatic heterocycles. The fourth-order valence-corrected chi connectivity index (χ4v) is 2.95. The molecule has 1 atom stereocenters. The van der Waals surface area contributed by atoms with E-state index in [0.29, 0.717) is 24.0 Å². The van der Waals surface area contributed by atoms with Gasteiger partial charge in [-0.1, -0.05) is 12.1 Å². The average molecular weight is 299 g/mol. The van der Waals surface area contributed by atoms with Crippen LogP contribution in [0.4, 0.5) is 5.69 Å². The Morgan fingerprint density at radius 2 is 2.18 bits per heavy atom. The van der Waals surface area contributed by atoms with E-state index in [0.717, 1.165) is 11.8 Å². The molecular weight excluding hydrogens is 282 g/mol. The van der Waals surface area contributed by atoms with Crippen LogP contribution in [0.2, 0.25) is 0 Å². The molecule has 0 spiro atoms. The average Bonchev–Trinajstić information content (AvgIpc) is 3.02. The Morgan fingerprint density at radius 3 is 2.95 bits per heavy atom. The number of carbonyl (C=O) groups is 2. The summed E-state index contributed by atoms with van der Waals surface area (Å²) in [6, 6.07) is 6.72. The Morgan fingerprint density at radius 1 is 1.36 bits per heavy atom. The topological polar surface area (TPSA) is 85.5 Å². The number of esters is 1. The molecule has 0 radical (unpaired) electrons. The number of methoxy groups -OCH3 is 1. The normalized spacial score (nSPS) is 17.7. The molecule has 2 N–H and O–H groups in total. The van der Waals surface area contributed by atoms with E-state index in [-0.39, 0.29) is 17.6 Å². The number of nitrogen functional groups attached to an aromatic ring is 1. The number of carbonyl (C=O) groups excluding carboxylic acids is 2. The maximum absolute atomic E-state index is 12.8. The van der Waals surface area contributed by atoms with Crippen molar-refractivity contribution in [3.05, 3.63) is 36.2 Å². The summed E-state index contributed by atoms with van der Waals surface area (Å²) < 4.78 is 4.78. The van der Waals surface area contributed by atoms with E-state index in [9.17, 15) is 9.59 Å². The van der Waals surface area contributed by atoms with Crippen molar-refractivity contribution in [1.29, 1.82) is 0 Å². The van der Waals surface area contributed by atoms with Gasteiger partial charge in [0.05, 0.1) is 7.11 Å². The van der Waals surface area contributed by atoms with Crippen molar-refractivity contribution in [2.45, 2.75) is 18.9 Å². The number of rotatable bonds is 2. The van der Waals surface area contributed by atoms with Gasteiger partial charge in [-0.05, 0) is 30.4 Å². The van der Waals surface area contributed by atoms with Crippen molar-refractivity contribution in [2.24, 2.45) is 0 Å². The number of pyridine rings is 1. The zero-order chi connectivity index (χ0) is 15.7. The molecule has 0 saturated carbocycles. The van der Waals surface area contributed by atoms with E-state index in [1.807, 2.05) is 18.2 Å². The zero-order valence-corrected chi connectivity index (χ0v) is 12.3. The smallest absolute Gasteiger partial charge is 0.328 e. The van der Waals surface area contributed by atoms with E-state index < -0.39 is 6.04 Å². The number of benzene rings is 1. The van der Waals surface area contributed by atoms with Gasteiger partial charge in [0.25, 0.3) is 5.91 Å². The first kappa shape index (κ1) is 14.3. The summed E-state index contributed by atoms with van der Waals surface area (Å²) in [7, 11) is 1.33. The molecule has 1 unspecified atom stereocenters. The van der Waals surface area contributed by atoms with Gasteiger partial charge in [0.2, 0.25) is 0 Å². The first-order chi connectivity index (χ1) is 10.6. The minimum atomic E-state index is -0.542. The molecule has 0 bridgehead atoms. The molecule has 6 nitrogen and oxygen atoms in total. The highest BCUT2D eigenvalue weighted by atomic mass is 16.5. The fraction of sp³-hybridized carbons (Fsp3) is 0.312. The van der Waals surface area contributed by atoms with Gasteiger partial charge in [-0.2, -0.15) is 0 Å². The Labute approximate surface area is 127 Å². The molecule has 3 rings (SSSR count). The monoisotopic (exact) mass is 299 g/mol. The molecule has 2 heterocycles. The molecule has 1 aromatic heterocycles. The van der Waals surface area contributed by atoms with Crippen LogP contribution >= 0.6 is 0 Å². The first-order valence-electron chi connectivity index (χ1n) is 7.15. The largest absolute Gasteiger partial charge is 0.467 e. The van der Waals surface area contributed by atoms with Crippen LogP contribution in [-0.4, -0.2) is 41.5 Å². The number of aromatic nitrogens is 1. The van der Waals surface area contributed by atoms with Gasteiger partial charge in [0.15, 0.2) is 0 Å². The number of fused-ring (bicyclic) bond motifs is 1. The first-order valence-corrected chi connectivity index (χ1v) is 7.15. The molecule has 1 fully saturated rings. The molecule has 0 aliphatic carbocycles. The van der Waals surface area contributed by atoms with Crippen molar-refractivity contribution in [3.8, 4) is 0 Å². The lowest BCUT2D eigenvalue weighted by molar-refractivity contribution is -0.145. The van der Waals surface area contributed by atoms with Crippen molar-refractivity contribution < 1.29 is 14.3 Å². The highest BCUT2D eigenvalue weighted by molar-refractivity contribution is 6.10. The standard InChI is InChI=1S/C16H17N3O3/c1-22-16(21)12-6-3-9-19(12)15(20)14-13-10(7-8-18-14)4-2-5-11(13)17/h2,4-5,7-8,12H,3,6,9,17H2,1H3. The number of anilines is 1. The van der Waals surface area contributed by atoms with Crippen molar-refractivity contribution in [3.63, 3.8) is 0 Å². The number of hydrogen-bond donors (Lipinski definition) is 1. The molecule has 1 amide bonds. The van der Waals surface area contributed by atoms with Gasteiger partial charge >= 0.3 is 5.97 Å². The summed E-state index contributed by atoms with van der Waals surface area (Å²) in [5.74, 6) is -0.671. The van der Waals surface area contributed by atoms with Crippen LogP contribution in [0.5, 0.6) is 0 Å². The maximum atomic E-state index is 12.8. The second-order valence-corrected chi connectivity index (χ2v) is 5.28. The van der Waals surface area contributed by atoms with Crippen molar-refractivity contribution in [2.75, 3.05) is 19.4 Å². The fourth-order valence-electron chi connectivity index (χ4n) is 2.95.